The molecule has 0 aliphatic heterocycles. The van der Waals surface area contributed by atoms with E-state index < -0.39 is 11.3 Å². The Balaban J connectivity index is 1.90. The Morgan fingerprint density at radius 1 is 0.700 bits per heavy atom. The number of furan rings is 1. The number of rotatable bonds is 1. The Morgan fingerprint density at radius 3 is 1.93 bits per heavy atom. The first kappa shape index (κ1) is 17.9. The third-order valence-corrected chi connectivity index (χ3v) is 5.08. The smallest absolute Gasteiger partial charge is 0.351 e. The highest BCUT2D eigenvalue weighted by atomic mass is 16.4. The molecule has 0 saturated carbocycles. The Hall–Kier alpha value is -4.20. The van der Waals surface area contributed by atoms with Crippen molar-refractivity contribution in [3.63, 3.8) is 0 Å². The van der Waals surface area contributed by atoms with E-state index in [4.69, 9.17) is 13.3 Å². The normalized spacial score (nSPS) is 11.7. The number of hydrogen-bond acceptors (Lipinski definition) is 8. The van der Waals surface area contributed by atoms with Crippen molar-refractivity contribution in [3.05, 3.63) is 62.3 Å². The fraction of sp³-hybridized carbons (Fsp3) is 0.0909. The molecule has 0 aliphatic rings. The summed E-state index contributed by atoms with van der Waals surface area (Å²) in [5.74, 6) is -0.638. The van der Waals surface area contributed by atoms with E-state index in [2.05, 4.69) is 0 Å². The second-order valence-electron chi connectivity index (χ2n) is 7.13. The summed E-state index contributed by atoms with van der Waals surface area (Å²) in [6.45, 7) is 3.35. The summed E-state index contributed by atoms with van der Waals surface area (Å²) in [6, 6.07) is 6.73. The molecule has 3 N–H and O–H groups in total. The third kappa shape index (κ3) is 2.40. The summed E-state index contributed by atoms with van der Waals surface area (Å²) in [7, 11) is 0. The minimum Gasteiger partial charge on any atom is -0.508 e. The van der Waals surface area contributed by atoms with E-state index in [0.717, 1.165) is 0 Å². The van der Waals surface area contributed by atoms with Gasteiger partial charge in [0.2, 0.25) is 0 Å². The Kier molecular flexibility index (Phi) is 3.51. The first-order valence-electron chi connectivity index (χ1n) is 8.94. The molecule has 30 heavy (non-hydrogen) atoms. The minimum atomic E-state index is -0.896. The van der Waals surface area contributed by atoms with Crippen LogP contribution in [0.2, 0.25) is 0 Å². The van der Waals surface area contributed by atoms with Gasteiger partial charge >= 0.3 is 11.3 Å². The molecule has 8 heteroatoms. The minimum absolute atomic E-state index is 0.0196. The molecule has 0 bridgehead atoms. The maximum atomic E-state index is 12.6. The van der Waals surface area contributed by atoms with Crippen LogP contribution in [0.15, 0.2) is 53.2 Å². The van der Waals surface area contributed by atoms with Gasteiger partial charge in [-0.2, -0.15) is 0 Å². The largest absolute Gasteiger partial charge is 0.508 e. The van der Waals surface area contributed by atoms with Crippen LogP contribution in [-0.4, -0.2) is 15.3 Å². The summed E-state index contributed by atoms with van der Waals surface area (Å²) in [4.78, 5) is 25.0. The first-order valence-corrected chi connectivity index (χ1v) is 8.94. The van der Waals surface area contributed by atoms with Gasteiger partial charge in [0.25, 0.3) is 0 Å². The number of hydrogen-bond donors (Lipinski definition) is 3. The lowest BCUT2D eigenvalue weighted by Gasteiger charge is -2.07. The highest BCUT2D eigenvalue weighted by Crippen LogP contribution is 2.39. The molecule has 0 fully saturated rings. The molecule has 5 aromatic rings. The van der Waals surface area contributed by atoms with E-state index in [1.807, 2.05) is 0 Å². The Bertz CT molecular complexity index is 1630. The maximum Gasteiger partial charge on any atom is 0.351 e. The van der Waals surface area contributed by atoms with Crippen molar-refractivity contribution in [2.45, 2.75) is 13.8 Å². The Labute approximate surface area is 166 Å². The zero-order chi connectivity index (χ0) is 21.3. The standard InChI is InChI=1S/C22H14O8/c1-8-3-10(23)5-13-16(8)19(25)18(22(27)30-13)15-7-12-20(28-15)17-9(2)4-11(24)6-14(17)29-21(12)26/h3-7,23-25H,1-2H3. The molecule has 150 valence electrons. The van der Waals surface area contributed by atoms with Gasteiger partial charge in [0.1, 0.15) is 45.1 Å². The number of aromatic hydroxyl groups is 3. The zero-order valence-corrected chi connectivity index (χ0v) is 15.8. The van der Waals surface area contributed by atoms with Gasteiger partial charge in [0.05, 0.1) is 10.8 Å². The van der Waals surface area contributed by atoms with E-state index in [0.29, 0.717) is 16.5 Å². The van der Waals surface area contributed by atoms with Crippen LogP contribution in [0.25, 0.3) is 44.2 Å². The van der Waals surface area contributed by atoms with Gasteiger partial charge in [-0.3, -0.25) is 0 Å². The predicted octanol–water partition coefficient (Wildman–Crippen LogP) is 4.05. The highest BCUT2D eigenvalue weighted by molar-refractivity contribution is 6.05. The van der Waals surface area contributed by atoms with E-state index in [9.17, 15) is 24.9 Å². The lowest BCUT2D eigenvalue weighted by atomic mass is 10.1. The summed E-state index contributed by atoms with van der Waals surface area (Å²) in [5.41, 5.74) is -0.472. The monoisotopic (exact) mass is 406 g/mol. The van der Waals surface area contributed by atoms with E-state index in [1.165, 1.54) is 30.3 Å². The number of fused-ring (bicyclic) bond motifs is 4. The molecular formula is C22H14O8. The van der Waals surface area contributed by atoms with Crippen LogP contribution in [0.4, 0.5) is 0 Å². The van der Waals surface area contributed by atoms with Crippen molar-refractivity contribution in [2.75, 3.05) is 0 Å². The second kappa shape index (κ2) is 5.90. The summed E-state index contributed by atoms with van der Waals surface area (Å²) in [6.07, 6.45) is 0. The van der Waals surface area contributed by atoms with Gasteiger partial charge < -0.3 is 28.6 Å². The highest BCUT2D eigenvalue weighted by Gasteiger charge is 2.23. The molecule has 0 saturated heterocycles. The van der Waals surface area contributed by atoms with Gasteiger partial charge in [0, 0.05) is 18.2 Å². The average molecular weight is 406 g/mol. The summed E-state index contributed by atoms with van der Waals surface area (Å²) in [5, 5.41) is 31.1. The molecule has 0 amide bonds. The fourth-order valence-electron chi connectivity index (χ4n) is 3.82. The molecule has 5 rings (SSSR count). The quantitative estimate of drug-likeness (QED) is 0.355. The van der Waals surface area contributed by atoms with Crippen molar-refractivity contribution in [2.24, 2.45) is 0 Å². The van der Waals surface area contributed by atoms with Gasteiger partial charge in [-0.1, -0.05) is 0 Å². The lowest BCUT2D eigenvalue weighted by Crippen LogP contribution is -2.03. The van der Waals surface area contributed by atoms with E-state index in [-0.39, 0.29) is 56.1 Å². The van der Waals surface area contributed by atoms with Crippen LogP contribution in [0.3, 0.4) is 0 Å². The molecule has 8 nitrogen and oxygen atoms in total. The van der Waals surface area contributed by atoms with Gasteiger partial charge in [-0.05, 0) is 37.1 Å². The van der Waals surface area contributed by atoms with E-state index >= 15 is 0 Å². The van der Waals surface area contributed by atoms with Gasteiger partial charge in [-0.15, -0.1) is 0 Å². The molecule has 0 radical (unpaired) electrons. The van der Waals surface area contributed by atoms with Crippen LogP contribution in [0, 0.1) is 13.8 Å². The fourth-order valence-corrected chi connectivity index (χ4v) is 3.82. The zero-order valence-electron chi connectivity index (χ0n) is 15.8. The SMILES string of the molecule is Cc1cc(O)cc2oc(=O)c(-c3cc4c(=O)oc5cc(O)cc(C)c5c4o3)c(O)c12. The Morgan fingerprint density at radius 2 is 1.27 bits per heavy atom. The molecule has 3 aromatic heterocycles. The molecule has 2 aromatic carbocycles. The average Bonchev–Trinajstić information content (AvgIpc) is 3.05. The molecule has 0 unspecified atom stereocenters. The predicted molar refractivity (Wildman–Crippen MR) is 108 cm³/mol. The number of phenols is 2. The van der Waals surface area contributed by atoms with Gasteiger partial charge in [-0.25, -0.2) is 9.59 Å². The van der Waals surface area contributed by atoms with Crippen LogP contribution < -0.4 is 11.3 Å². The van der Waals surface area contributed by atoms with Crippen molar-refractivity contribution in [1.82, 2.24) is 0 Å². The lowest BCUT2D eigenvalue weighted by molar-refractivity contribution is 0.461. The molecule has 3 heterocycles. The number of aryl methyl sites for hydroxylation is 2. The van der Waals surface area contributed by atoms with Crippen molar-refractivity contribution < 1.29 is 28.6 Å². The molecule has 0 spiro atoms. The summed E-state index contributed by atoms with van der Waals surface area (Å²) < 4.78 is 16.4. The number of phenolic OH excluding ortho intramolecular Hbond substituents is 2. The van der Waals surface area contributed by atoms with Crippen LogP contribution >= 0.6 is 0 Å². The summed E-state index contributed by atoms with van der Waals surface area (Å²) >= 11 is 0. The van der Waals surface area contributed by atoms with Gasteiger partial charge in [0.15, 0.2) is 5.58 Å². The van der Waals surface area contributed by atoms with E-state index in [1.54, 1.807) is 13.8 Å². The number of benzene rings is 2. The van der Waals surface area contributed by atoms with Crippen molar-refractivity contribution in [1.29, 1.82) is 0 Å². The third-order valence-electron chi connectivity index (χ3n) is 5.08. The second-order valence-corrected chi connectivity index (χ2v) is 7.13. The van der Waals surface area contributed by atoms with Crippen molar-refractivity contribution >= 4 is 32.9 Å². The molecule has 0 aliphatic carbocycles. The molecule has 0 atom stereocenters. The van der Waals surface area contributed by atoms with Crippen LogP contribution in [0.5, 0.6) is 17.2 Å². The van der Waals surface area contributed by atoms with Crippen molar-refractivity contribution in [3.8, 4) is 28.6 Å². The topological polar surface area (TPSA) is 134 Å². The maximum absolute atomic E-state index is 12.6. The van der Waals surface area contributed by atoms with Crippen LogP contribution in [-0.2, 0) is 0 Å². The van der Waals surface area contributed by atoms with Crippen LogP contribution in [0.1, 0.15) is 11.1 Å². The first-order chi connectivity index (χ1) is 14.2. The molecular weight excluding hydrogens is 392 g/mol.